The maximum Gasteiger partial charge on any atom is 0.0788 e. The highest BCUT2D eigenvalue weighted by molar-refractivity contribution is 9.09. The molecule has 0 N–H and O–H groups in total. The van der Waals surface area contributed by atoms with Crippen molar-refractivity contribution in [3.63, 3.8) is 0 Å². The lowest BCUT2D eigenvalue weighted by Gasteiger charge is -2.22. The Kier molecular flexibility index (Phi) is 8.42. The molecule has 9 heavy (non-hydrogen) atoms. The van der Waals surface area contributed by atoms with Crippen LogP contribution in [0.25, 0.3) is 0 Å². The molecule has 0 rings (SSSR count). The lowest BCUT2D eigenvalue weighted by molar-refractivity contribution is -0.870. The zero-order chi connectivity index (χ0) is 6.62. The Hall–Kier alpha value is 1.17. The van der Waals surface area contributed by atoms with E-state index >= 15 is 0 Å². The number of nitrogens with zero attached hydrogens (tertiary/aromatic N) is 1. The van der Waals surface area contributed by atoms with Gasteiger partial charge in [0.05, 0.1) is 27.7 Å². The van der Waals surface area contributed by atoms with E-state index in [0.717, 1.165) is 9.81 Å². The van der Waals surface area contributed by atoms with Crippen LogP contribution < -0.4 is 24.0 Å². The number of alkyl halides is 1. The molecule has 0 saturated carbocycles. The second-order valence-electron chi connectivity index (χ2n) is 3.06. The van der Waals surface area contributed by atoms with Gasteiger partial charge in [0.2, 0.25) is 0 Å². The minimum absolute atomic E-state index is 0. The van der Waals surface area contributed by atoms with E-state index in [4.69, 9.17) is 0 Å². The Morgan fingerprint density at radius 3 is 1.78 bits per heavy atom. The van der Waals surface area contributed by atoms with Crippen molar-refractivity contribution in [1.82, 2.24) is 0 Å². The van der Waals surface area contributed by atoms with Crippen molar-refractivity contribution in [3.05, 3.63) is 0 Å². The Labute approximate surface area is 83.5 Å². The van der Waals surface area contributed by atoms with E-state index in [2.05, 4.69) is 37.1 Å². The van der Waals surface area contributed by atoms with Crippen LogP contribution in [0, 0.1) is 0 Å². The zero-order valence-corrected chi connectivity index (χ0v) is 10.1. The monoisotopic (exact) mass is 307 g/mol. The van der Waals surface area contributed by atoms with Crippen LogP contribution in [0.1, 0.15) is 6.42 Å². The number of hydrogen-bond donors (Lipinski definition) is 0. The van der Waals surface area contributed by atoms with Gasteiger partial charge in [0.25, 0.3) is 0 Å². The summed E-state index contributed by atoms with van der Waals surface area (Å²) in [5.74, 6) is 0. The molecule has 0 aliphatic heterocycles. The zero-order valence-electron chi connectivity index (χ0n) is 6.32. The van der Waals surface area contributed by atoms with Gasteiger partial charge < -0.3 is 28.5 Å². The third kappa shape index (κ3) is 12.4. The summed E-state index contributed by atoms with van der Waals surface area (Å²) >= 11 is 3.39. The normalized spacial score (nSPS) is 10.7. The summed E-state index contributed by atoms with van der Waals surface area (Å²) in [6, 6.07) is 0. The minimum atomic E-state index is 0. The predicted molar refractivity (Wildman–Crippen MR) is 41.3 cm³/mol. The van der Waals surface area contributed by atoms with E-state index in [-0.39, 0.29) is 24.0 Å². The average molecular weight is 308 g/mol. The molecule has 0 aliphatic carbocycles. The van der Waals surface area contributed by atoms with E-state index in [1.54, 1.807) is 0 Å². The van der Waals surface area contributed by atoms with Gasteiger partial charge in [-0.15, -0.1) is 0 Å². The second-order valence-corrected chi connectivity index (χ2v) is 3.85. The molecular formula is C6H15BrIN. The highest BCUT2D eigenvalue weighted by Crippen LogP contribution is 1.95. The minimum Gasteiger partial charge on any atom is -1.00 e. The van der Waals surface area contributed by atoms with Gasteiger partial charge in [-0.3, -0.25) is 0 Å². The molecule has 0 unspecified atom stereocenters. The van der Waals surface area contributed by atoms with Crippen LogP contribution in [0.4, 0.5) is 0 Å². The van der Waals surface area contributed by atoms with Crippen LogP contribution in [-0.2, 0) is 0 Å². The van der Waals surface area contributed by atoms with Crippen LogP contribution in [0.2, 0.25) is 0 Å². The van der Waals surface area contributed by atoms with Gasteiger partial charge in [-0.2, -0.15) is 0 Å². The van der Waals surface area contributed by atoms with Crippen molar-refractivity contribution >= 4 is 15.9 Å². The summed E-state index contributed by atoms with van der Waals surface area (Å²) in [6.07, 6.45) is 1.27. The van der Waals surface area contributed by atoms with Gasteiger partial charge in [-0.1, -0.05) is 15.9 Å². The summed E-state index contributed by atoms with van der Waals surface area (Å²) in [5.41, 5.74) is 0. The van der Waals surface area contributed by atoms with Crippen LogP contribution in [0.3, 0.4) is 0 Å². The molecule has 0 bridgehead atoms. The summed E-state index contributed by atoms with van der Waals surface area (Å²) in [6.45, 7) is 1.26. The van der Waals surface area contributed by atoms with E-state index in [1.807, 2.05) is 0 Å². The van der Waals surface area contributed by atoms with Crippen molar-refractivity contribution in [2.75, 3.05) is 33.0 Å². The molecule has 0 fully saturated rings. The summed E-state index contributed by atoms with van der Waals surface area (Å²) in [4.78, 5) is 0. The molecule has 0 aromatic carbocycles. The van der Waals surface area contributed by atoms with Crippen LogP contribution >= 0.6 is 15.9 Å². The quantitative estimate of drug-likeness (QED) is 0.338. The fourth-order valence-corrected chi connectivity index (χ4v) is 0.785. The SMILES string of the molecule is C[N+](C)(C)CCCBr.[I-]. The number of halogens is 2. The van der Waals surface area contributed by atoms with Gasteiger partial charge in [0, 0.05) is 11.8 Å². The maximum absolute atomic E-state index is 3.39. The topological polar surface area (TPSA) is 0 Å². The molecule has 0 aromatic heterocycles. The van der Waals surface area contributed by atoms with E-state index in [0.29, 0.717) is 0 Å². The summed E-state index contributed by atoms with van der Waals surface area (Å²) < 4.78 is 1.08. The summed E-state index contributed by atoms with van der Waals surface area (Å²) in [7, 11) is 6.63. The van der Waals surface area contributed by atoms with Gasteiger partial charge in [-0.25, -0.2) is 0 Å². The molecule has 0 amide bonds. The van der Waals surface area contributed by atoms with Gasteiger partial charge >= 0.3 is 0 Å². The van der Waals surface area contributed by atoms with Crippen LogP contribution in [-0.4, -0.2) is 37.5 Å². The molecule has 3 heteroatoms. The Morgan fingerprint density at radius 1 is 1.22 bits per heavy atom. The first kappa shape index (κ1) is 12.8. The first-order valence-corrected chi connectivity index (χ1v) is 4.05. The lowest BCUT2D eigenvalue weighted by atomic mass is 10.4. The molecule has 1 nitrogen and oxygen atoms in total. The standard InChI is InChI=1S/C6H15BrN.HI/c1-8(2,3)6-4-5-7;/h4-6H2,1-3H3;1H/q+1;/p-1. The number of hydrogen-bond acceptors (Lipinski definition) is 0. The Balaban J connectivity index is 0. The molecule has 0 radical (unpaired) electrons. The van der Waals surface area contributed by atoms with Crippen molar-refractivity contribution in [3.8, 4) is 0 Å². The fraction of sp³-hybridized carbons (Fsp3) is 1.00. The van der Waals surface area contributed by atoms with E-state index < -0.39 is 0 Å². The largest absolute Gasteiger partial charge is 1.00 e. The Bertz CT molecular complexity index is 60.6. The smallest absolute Gasteiger partial charge is 0.0788 e. The number of rotatable bonds is 3. The van der Waals surface area contributed by atoms with Crippen LogP contribution in [0.15, 0.2) is 0 Å². The molecule has 0 atom stereocenters. The lowest BCUT2D eigenvalue weighted by Crippen LogP contribution is -3.00. The van der Waals surface area contributed by atoms with Crippen molar-refractivity contribution < 1.29 is 28.5 Å². The summed E-state index contributed by atoms with van der Waals surface area (Å²) in [5, 5.41) is 1.13. The van der Waals surface area contributed by atoms with Crippen molar-refractivity contribution in [2.24, 2.45) is 0 Å². The first-order valence-electron chi connectivity index (χ1n) is 2.93. The highest BCUT2D eigenvalue weighted by atomic mass is 127. The van der Waals surface area contributed by atoms with Crippen molar-refractivity contribution in [1.29, 1.82) is 0 Å². The van der Waals surface area contributed by atoms with E-state index in [9.17, 15) is 0 Å². The van der Waals surface area contributed by atoms with Gasteiger partial charge in [-0.05, 0) is 0 Å². The predicted octanol–water partition coefficient (Wildman–Crippen LogP) is -1.52. The molecule has 0 aliphatic rings. The molecule has 58 valence electrons. The Morgan fingerprint density at radius 2 is 1.67 bits per heavy atom. The molecular weight excluding hydrogens is 293 g/mol. The molecule has 0 spiro atoms. The van der Waals surface area contributed by atoms with E-state index in [1.165, 1.54) is 13.0 Å². The van der Waals surface area contributed by atoms with Crippen molar-refractivity contribution in [2.45, 2.75) is 6.42 Å². The van der Waals surface area contributed by atoms with Gasteiger partial charge in [0.1, 0.15) is 0 Å². The highest BCUT2D eigenvalue weighted by Gasteiger charge is 2.03. The fourth-order valence-electron chi connectivity index (χ4n) is 0.534. The van der Waals surface area contributed by atoms with Crippen LogP contribution in [0.5, 0.6) is 0 Å². The third-order valence-electron chi connectivity index (χ3n) is 0.963. The number of quaternary nitrogens is 1. The van der Waals surface area contributed by atoms with Gasteiger partial charge in [0.15, 0.2) is 0 Å². The first-order chi connectivity index (χ1) is 3.56. The maximum atomic E-state index is 3.39. The molecule has 0 heterocycles. The average Bonchev–Trinajstić information content (AvgIpc) is 1.59. The third-order valence-corrected chi connectivity index (χ3v) is 1.52. The second kappa shape index (κ2) is 5.92. The molecule has 0 aromatic rings. The molecule has 0 saturated heterocycles.